The Morgan fingerprint density at radius 1 is 1.04 bits per heavy atom. The van der Waals surface area contributed by atoms with Crippen LogP contribution in [0.2, 0.25) is 0 Å². The maximum Gasteiger partial charge on any atom is 0.251 e. The molecule has 0 aliphatic carbocycles. The van der Waals surface area contributed by atoms with Gasteiger partial charge in [-0.2, -0.15) is 0 Å². The quantitative estimate of drug-likeness (QED) is 0.704. The van der Waals surface area contributed by atoms with E-state index in [0.717, 1.165) is 22.9 Å². The highest BCUT2D eigenvalue weighted by Gasteiger charge is 2.17. The topological polar surface area (TPSA) is 83.0 Å². The van der Waals surface area contributed by atoms with E-state index < -0.39 is 29.2 Å². The standard InChI is InChI=1S/C16H10F4N4O2/c17-11-2-1-9(3-12(11)18)26-7-8-6-24(23-22-8)15-5-14(20)13(19)4-10(15)16(21)25/h1-6H,7H2,(H2,21,25). The monoisotopic (exact) mass is 366 g/mol. The van der Waals surface area contributed by atoms with Crippen LogP contribution in [0.5, 0.6) is 5.75 Å². The van der Waals surface area contributed by atoms with Gasteiger partial charge in [-0.15, -0.1) is 5.10 Å². The lowest BCUT2D eigenvalue weighted by Gasteiger charge is -2.07. The van der Waals surface area contributed by atoms with Crippen LogP contribution in [0, 0.1) is 23.3 Å². The molecule has 6 nitrogen and oxygen atoms in total. The summed E-state index contributed by atoms with van der Waals surface area (Å²) in [5.41, 5.74) is 4.99. The smallest absolute Gasteiger partial charge is 0.251 e. The van der Waals surface area contributed by atoms with E-state index in [-0.39, 0.29) is 29.3 Å². The van der Waals surface area contributed by atoms with Gasteiger partial charge in [-0.1, -0.05) is 5.21 Å². The van der Waals surface area contributed by atoms with Crippen molar-refractivity contribution in [2.75, 3.05) is 0 Å². The fraction of sp³-hybridized carbons (Fsp3) is 0.0625. The highest BCUT2D eigenvalue weighted by Crippen LogP contribution is 2.20. The number of primary amides is 1. The van der Waals surface area contributed by atoms with Crippen molar-refractivity contribution >= 4 is 5.91 Å². The molecule has 0 aliphatic heterocycles. The molecule has 3 rings (SSSR count). The van der Waals surface area contributed by atoms with E-state index >= 15 is 0 Å². The first-order valence-corrected chi connectivity index (χ1v) is 7.13. The molecule has 1 amide bonds. The molecule has 0 saturated carbocycles. The Hall–Kier alpha value is -3.43. The Morgan fingerprint density at radius 3 is 2.42 bits per heavy atom. The van der Waals surface area contributed by atoms with Gasteiger partial charge in [0.05, 0.1) is 17.4 Å². The Balaban J connectivity index is 1.83. The van der Waals surface area contributed by atoms with Gasteiger partial charge in [0.25, 0.3) is 5.91 Å². The number of benzene rings is 2. The van der Waals surface area contributed by atoms with E-state index in [1.807, 2.05) is 0 Å². The number of halogens is 4. The molecule has 26 heavy (non-hydrogen) atoms. The van der Waals surface area contributed by atoms with Crippen molar-refractivity contribution in [2.45, 2.75) is 6.61 Å². The minimum Gasteiger partial charge on any atom is -0.487 e. The maximum atomic E-state index is 13.5. The summed E-state index contributed by atoms with van der Waals surface area (Å²) in [4.78, 5) is 11.4. The third-order valence-electron chi connectivity index (χ3n) is 3.37. The molecule has 0 fully saturated rings. The van der Waals surface area contributed by atoms with Gasteiger partial charge in [0.2, 0.25) is 0 Å². The van der Waals surface area contributed by atoms with Gasteiger partial charge in [-0.3, -0.25) is 4.79 Å². The number of carbonyl (C=O) groups is 1. The minimum absolute atomic E-state index is 0.0594. The van der Waals surface area contributed by atoms with Crippen LogP contribution < -0.4 is 10.5 Å². The van der Waals surface area contributed by atoms with E-state index in [4.69, 9.17) is 10.5 Å². The lowest BCUT2D eigenvalue weighted by molar-refractivity contribution is 0.0999. The summed E-state index contributed by atoms with van der Waals surface area (Å²) in [7, 11) is 0. The summed E-state index contributed by atoms with van der Waals surface area (Å²) in [6.45, 7) is -0.166. The number of carbonyl (C=O) groups excluding carboxylic acids is 1. The van der Waals surface area contributed by atoms with Crippen molar-refractivity contribution in [2.24, 2.45) is 5.73 Å². The van der Waals surface area contributed by atoms with Gasteiger partial charge >= 0.3 is 0 Å². The fourth-order valence-corrected chi connectivity index (χ4v) is 2.13. The SMILES string of the molecule is NC(=O)c1cc(F)c(F)cc1-n1cc(COc2ccc(F)c(F)c2)nn1. The van der Waals surface area contributed by atoms with Crippen LogP contribution in [0.1, 0.15) is 16.1 Å². The fourth-order valence-electron chi connectivity index (χ4n) is 2.13. The average Bonchev–Trinajstić information content (AvgIpc) is 3.06. The Kier molecular flexibility index (Phi) is 4.57. The number of hydrogen-bond donors (Lipinski definition) is 1. The van der Waals surface area contributed by atoms with Crippen LogP contribution >= 0.6 is 0 Å². The molecule has 2 aromatic carbocycles. The predicted octanol–water partition coefficient (Wildman–Crippen LogP) is 2.50. The first kappa shape index (κ1) is 17.4. The second-order valence-corrected chi connectivity index (χ2v) is 5.17. The molecule has 0 bridgehead atoms. The second kappa shape index (κ2) is 6.82. The molecule has 3 aromatic rings. The molecular weight excluding hydrogens is 356 g/mol. The summed E-state index contributed by atoms with van der Waals surface area (Å²) in [6.07, 6.45) is 1.29. The Bertz CT molecular complexity index is 990. The Labute approximate surface area is 143 Å². The van der Waals surface area contributed by atoms with Crippen molar-refractivity contribution in [1.29, 1.82) is 0 Å². The highest BCUT2D eigenvalue weighted by molar-refractivity contribution is 5.96. The van der Waals surface area contributed by atoms with Gasteiger partial charge in [-0.05, 0) is 18.2 Å². The zero-order valence-corrected chi connectivity index (χ0v) is 12.9. The first-order chi connectivity index (χ1) is 12.3. The predicted molar refractivity (Wildman–Crippen MR) is 80.5 cm³/mol. The van der Waals surface area contributed by atoms with Crippen molar-refractivity contribution in [3.05, 3.63) is 71.1 Å². The average molecular weight is 366 g/mol. The molecule has 0 radical (unpaired) electrons. The van der Waals surface area contributed by atoms with Crippen molar-refractivity contribution < 1.29 is 27.1 Å². The lowest BCUT2D eigenvalue weighted by Crippen LogP contribution is -2.16. The molecule has 0 atom stereocenters. The third-order valence-corrected chi connectivity index (χ3v) is 3.37. The van der Waals surface area contributed by atoms with Crippen LogP contribution in [-0.2, 0) is 6.61 Å². The second-order valence-electron chi connectivity index (χ2n) is 5.17. The Morgan fingerprint density at radius 2 is 1.73 bits per heavy atom. The van der Waals surface area contributed by atoms with Crippen LogP contribution in [0.4, 0.5) is 17.6 Å². The van der Waals surface area contributed by atoms with E-state index in [0.29, 0.717) is 6.07 Å². The van der Waals surface area contributed by atoms with Crippen molar-refractivity contribution in [3.63, 3.8) is 0 Å². The molecule has 134 valence electrons. The van der Waals surface area contributed by atoms with Crippen molar-refractivity contribution in [1.82, 2.24) is 15.0 Å². The van der Waals surface area contributed by atoms with Gasteiger partial charge in [-0.25, -0.2) is 22.2 Å². The summed E-state index contributed by atoms with van der Waals surface area (Å²) >= 11 is 0. The first-order valence-electron chi connectivity index (χ1n) is 7.13. The van der Waals surface area contributed by atoms with E-state index in [1.165, 1.54) is 12.3 Å². The molecule has 0 spiro atoms. The van der Waals surface area contributed by atoms with Gasteiger partial charge in [0.1, 0.15) is 18.1 Å². The van der Waals surface area contributed by atoms with Crippen LogP contribution in [0.25, 0.3) is 5.69 Å². The van der Waals surface area contributed by atoms with Crippen molar-refractivity contribution in [3.8, 4) is 11.4 Å². The zero-order chi connectivity index (χ0) is 18.8. The molecule has 0 aliphatic rings. The molecule has 1 heterocycles. The van der Waals surface area contributed by atoms with Gasteiger partial charge < -0.3 is 10.5 Å². The number of nitrogens with two attached hydrogens (primary N) is 1. The number of aromatic nitrogens is 3. The van der Waals surface area contributed by atoms with Gasteiger partial charge in [0, 0.05) is 12.1 Å². The molecule has 0 saturated heterocycles. The molecule has 2 N–H and O–H groups in total. The number of nitrogens with zero attached hydrogens (tertiary/aromatic N) is 3. The lowest BCUT2D eigenvalue weighted by atomic mass is 10.1. The summed E-state index contributed by atoms with van der Waals surface area (Å²) < 4.78 is 59.0. The molecular formula is C16H10F4N4O2. The van der Waals surface area contributed by atoms with Crippen LogP contribution in [-0.4, -0.2) is 20.9 Å². The summed E-state index contributed by atoms with van der Waals surface area (Å²) in [5, 5.41) is 7.45. The van der Waals surface area contributed by atoms with E-state index in [2.05, 4.69) is 10.3 Å². The minimum atomic E-state index is -1.23. The highest BCUT2D eigenvalue weighted by atomic mass is 19.2. The van der Waals surface area contributed by atoms with E-state index in [1.54, 1.807) is 0 Å². The summed E-state index contributed by atoms with van der Waals surface area (Å²) in [6, 6.07) is 4.40. The largest absolute Gasteiger partial charge is 0.487 e. The van der Waals surface area contributed by atoms with Gasteiger partial charge in [0.15, 0.2) is 23.3 Å². The number of rotatable bonds is 5. The molecule has 1 aromatic heterocycles. The number of hydrogen-bond acceptors (Lipinski definition) is 4. The van der Waals surface area contributed by atoms with Crippen LogP contribution in [0.15, 0.2) is 36.5 Å². The van der Waals surface area contributed by atoms with E-state index in [9.17, 15) is 22.4 Å². The number of amides is 1. The third kappa shape index (κ3) is 3.48. The number of ether oxygens (including phenoxy) is 1. The van der Waals surface area contributed by atoms with Crippen LogP contribution in [0.3, 0.4) is 0 Å². The molecule has 10 heteroatoms. The normalized spacial score (nSPS) is 10.8. The summed E-state index contributed by atoms with van der Waals surface area (Å²) in [5.74, 6) is -5.43. The zero-order valence-electron chi connectivity index (χ0n) is 12.9. The molecule has 0 unspecified atom stereocenters. The maximum absolute atomic E-state index is 13.5.